The van der Waals surface area contributed by atoms with E-state index in [4.69, 9.17) is 11.1 Å². The van der Waals surface area contributed by atoms with E-state index in [0.29, 0.717) is 0 Å². The summed E-state index contributed by atoms with van der Waals surface area (Å²) in [6.07, 6.45) is 0. The fourth-order valence-corrected chi connectivity index (χ4v) is 0.618. The Morgan fingerprint density at radius 3 is 2.00 bits per heavy atom. The Morgan fingerprint density at radius 2 is 1.75 bits per heavy atom. The second kappa shape index (κ2) is 6.33. The largest absolute Gasteiger partial charge is 0.384 e. The molecule has 1 aromatic carbocycles. The van der Waals surface area contributed by atoms with Gasteiger partial charge in [-0.25, -0.2) is 0 Å². The SMILES string of the molecule is CNN.N=C(N)c1ccccc1. The van der Waals surface area contributed by atoms with E-state index < -0.39 is 0 Å². The maximum atomic E-state index is 7.01. The number of rotatable bonds is 1. The van der Waals surface area contributed by atoms with E-state index in [0.717, 1.165) is 5.56 Å². The van der Waals surface area contributed by atoms with Gasteiger partial charge >= 0.3 is 0 Å². The predicted octanol–water partition coefficient (Wildman–Crippen LogP) is 0.0502. The highest BCUT2D eigenvalue weighted by Gasteiger charge is 1.89. The standard InChI is InChI=1S/C7H8N2.CH6N2/c8-7(9)6-4-2-1-3-5-6;1-3-2/h1-5H,(H3,8,9);3H,2H2,1H3. The van der Waals surface area contributed by atoms with Crippen molar-refractivity contribution in [2.24, 2.45) is 11.6 Å². The van der Waals surface area contributed by atoms with Gasteiger partial charge in [0.05, 0.1) is 0 Å². The molecule has 4 heteroatoms. The summed E-state index contributed by atoms with van der Waals surface area (Å²) in [5.74, 6) is 4.72. The molecule has 66 valence electrons. The molecule has 0 amide bonds. The molecule has 1 rings (SSSR count). The molecule has 0 saturated heterocycles. The van der Waals surface area contributed by atoms with Crippen molar-refractivity contribution in [2.45, 2.75) is 0 Å². The lowest BCUT2D eigenvalue weighted by Crippen LogP contribution is -2.13. The van der Waals surface area contributed by atoms with Gasteiger partial charge in [0, 0.05) is 5.56 Å². The van der Waals surface area contributed by atoms with Crippen LogP contribution < -0.4 is 17.0 Å². The lowest BCUT2D eigenvalue weighted by Gasteiger charge is -1.93. The minimum atomic E-state index is 0.121. The molecule has 0 aliphatic rings. The molecule has 0 aromatic heterocycles. The van der Waals surface area contributed by atoms with Gasteiger partial charge in [0.25, 0.3) is 0 Å². The molecule has 0 fully saturated rings. The van der Waals surface area contributed by atoms with E-state index in [2.05, 4.69) is 11.3 Å². The van der Waals surface area contributed by atoms with E-state index in [1.807, 2.05) is 30.3 Å². The zero-order valence-electron chi connectivity index (χ0n) is 7.04. The van der Waals surface area contributed by atoms with Crippen molar-refractivity contribution in [2.75, 3.05) is 7.05 Å². The van der Waals surface area contributed by atoms with Crippen LogP contribution in [0.2, 0.25) is 0 Å². The van der Waals surface area contributed by atoms with Crippen molar-refractivity contribution in [1.82, 2.24) is 5.43 Å². The molecule has 0 aliphatic carbocycles. The topological polar surface area (TPSA) is 87.9 Å². The van der Waals surface area contributed by atoms with Crippen molar-refractivity contribution in [3.63, 3.8) is 0 Å². The summed E-state index contributed by atoms with van der Waals surface area (Å²) in [5, 5.41) is 7.01. The highest BCUT2D eigenvalue weighted by Crippen LogP contribution is 1.94. The van der Waals surface area contributed by atoms with Gasteiger partial charge in [0.1, 0.15) is 5.84 Å². The molecule has 0 bridgehead atoms. The Hall–Kier alpha value is -1.39. The molecule has 4 nitrogen and oxygen atoms in total. The Labute approximate surface area is 72.1 Å². The fraction of sp³-hybridized carbons (Fsp3) is 0.125. The Kier molecular flexibility index (Phi) is 5.60. The lowest BCUT2D eigenvalue weighted by atomic mass is 10.2. The van der Waals surface area contributed by atoms with Gasteiger partial charge in [-0.05, 0) is 7.05 Å². The monoisotopic (exact) mass is 166 g/mol. The molecule has 6 N–H and O–H groups in total. The molecule has 0 aliphatic heterocycles. The Morgan fingerprint density at radius 1 is 1.33 bits per heavy atom. The minimum Gasteiger partial charge on any atom is -0.384 e. The summed E-state index contributed by atoms with van der Waals surface area (Å²) >= 11 is 0. The van der Waals surface area contributed by atoms with Crippen LogP contribution in [0.5, 0.6) is 0 Å². The summed E-state index contributed by atoms with van der Waals surface area (Å²) in [6.45, 7) is 0. The zero-order valence-corrected chi connectivity index (χ0v) is 7.04. The smallest absolute Gasteiger partial charge is 0.122 e. The van der Waals surface area contributed by atoms with Crippen LogP contribution in [0.15, 0.2) is 30.3 Å². The fourth-order valence-electron chi connectivity index (χ4n) is 0.618. The molecule has 0 saturated carbocycles. The quantitative estimate of drug-likeness (QED) is 0.206. The van der Waals surface area contributed by atoms with Crippen molar-refractivity contribution in [1.29, 1.82) is 5.41 Å². The highest BCUT2D eigenvalue weighted by atomic mass is 15.2. The summed E-state index contributed by atoms with van der Waals surface area (Å²) < 4.78 is 0. The Bertz CT molecular complexity index is 220. The maximum Gasteiger partial charge on any atom is 0.122 e. The molecule has 0 radical (unpaired) electrons. The summed E-state index contributed by atoms with van der Waals surface area (Å²) in [6, 6.07) is 9.23. The molecular formula is C8H14N4. The van der Waals surface area contributed by atoms with Crippen LogP contribution in [0.25, 0.3) is 0 Å². The number of benzene rings is 1. The van der Waals surface area contributed by atoms with Crippen LogP contribution in [0.1, 0.15) is 5.56 Å². The third-order valence-corrected chi connectivity index (χ3v) is 1.08. The molecule has 12 heavy (non-hydrogen) atoms. The van der Waals surface area contributed by atoms with Gasteiger partial charge in [0.2, 0.25) is 0 Å². The van der Waals surface area contributed by atoms with Gasteiger partial charge in [-0.1, -0.05) is 30.3 Å². The zero-order chi connectivity index (χ0) is 9.40. The van der Waals surface area contributed by atoms with E-state index in [1.165, 1.54) is 0 Å². The van der Waals surface area contributed by atoms with Crippen molar-refractivity contribution in [3.05, 3.63) is 35.9 Å². The number of nitrogens with one attached hydrogen (secondary N) is 2. The van der Waals surface area contributed by atoms with E-state index >= 15 is 0 Å². The first-order chi connectivity index (χ1) is 5.72. The van der Waals surface area contributed by atoms with Crippen LogP contribution in [0.4, 0.5) is 0 Å². The number of hydrogen-bond acceptors (Lipinski definition) is 3. The van der Waals surface area contributed by atoms with Gasteiger partial charge in [-0.3, -0.25) is 16.7 Å². The predicted molar refractivity (Wildman–Crippen MR) is 50.7 cm³/mol. The molecule has 0 heterocycles. The number of nitrogen functional groups attached to an aromatic ring is 1. The lowest BCUT2D eigenvalue weighted by molar-refractivity contribution is 0.900. The first-order valence-corrected chi connectivity index (χ1v) is 3.49. The summed E-state index contributed by atoms with van der Waals surface area (Å²) in [5.41, 5.74) is 8.22. The van der Waals surface area contributed by atoms with Crippen molar-refractivity contribution in [3.8, 4) is 0 Å². The number of hydrazine groups is 1. The van der Waals surface area contributed by atoms with Crippen LogP contribution in [-0.2, 0) is 0 Å². The first-order valence-electron chi connectivity index (χ1n) is 3.49. The summed E-state index contributed by atoms with van der Waals surface area (Å²) in [4.78, 5) is 0. The molecule has 0 unspecified atom stereocenters. The second-order valence-electron chi connectivity index (χ2n) is 2.07. The third-order valence-electron chi connectivity index (χ3n) is 1.08. The third kappa shape index (κ3) is 4.43. The molecular weight excluding hydrogens is 152 g/mol. The molecule has 1 aromatic rings. The van der Waals surface area contributed by atoms with Crippen LogP contribution in [0.3, 0.4) is 0 Å². The van der Waals surface area contributed by atoms with Crippen molar-refractivity contribution >= 4 is 5.84 Å². The molecule has 0 atom stereocenters. The van der Waals surface area contributed by atoms with Crippen LogP contribution in [0, 0.1) is 5.41 Å². The first kappa shape index (κ1) is 10.6. The van der Waals surface area contributed by atoms with Gasteiger partial charge in [-0.15, -0.1) is 0 Å². The minimum absolute atomic E-state index is 0.121. The van der Waals surface area contributed by atoms with E-state index in [-0.39, 0.29) is 5.84 Å². The summed E-state index contributed by atoms with van der Waals surface area (Å²) in [7, 11) is 1.65. The normalized spacial score (nSPS) is 8.17. The average molecular weight is 166 g/mol. The van der Waals surface area contributed by atoms with Crippen LogP contribution >= 0.6 is 0 Å². The number of amidine groups is 1. The average Bonchev–Trinajstić information content (AvgIpc) is 2.07. The van der Waals surface area contributed by atoms with E-state index in [9.17, 15) is 0 Å². The van der Waals surface area contributed by atoms with Gasteiger partial charge in [-0.2, -0.15) is 0 Å². The number of hydrogen-bond donors (Lipinski definition) is 4. The van der Waals surface area contributed by atoms with Crippen LogP contribution in [-0.4, -0.2) is 12.9 Å². The molecule has 0 spiro atoms. The maximum absolute atomic E-state index is 7.01. The highest BCUT2D eigenvalue weighted by molar-refractivity contribution is 5.94. The number of nitrogens with two attached hydrogens (primary N) is 2. The van der Waals surface area contributed by atoms with Gasteiger partial charge in [0.15, 0.2) is 0 Å². The Balaban J connectivity index is 0.000000354. The van der Waals surface area contributed by atoms with E-state index in [1.54, 1.807) is 7.05 Å². The second-order valence-corrected chi connectivity index (χ2v) is 2.07. The van der Waals surface area contributed by atoms with Crippen molar-refractivity contribution < 1.29 is 0 Å². The van der Waals surface area contributed by atoms with Gasteiger partial charge < -0.3 is 5.73 Å².